The molecule has 0 radical (unpaired) electrons. The number of para-hydroxylation sites is 1. The van der Waals surface area contributed by atoms with Gasteiger partial charge in [-0.15, -0.1) is 0 Å². The summed E-state index contributed by atoms with van der Waals surface area (Å²) in [4.78, 5) is 16.5. The predicted octanol–water partition coefficient (Wildman–Crippen LogP) is 1.99. The minimum Gasteiger partial charge on any atom is -0.390 e. The fourth-order valence-corrected chi connectivity index (χ4v) is 3.47. The Labute approximate surface area is 138 Å². The highest BCUT2D eigenvalue weighted by Crippen LogP contribution is 2.29. The smallest absolute Gasteiger partial charge is 0.317 e. The molecule has 1 atom stereocenters. The Kier molecular flexibility index (Phi) is 4.48. The quantitative estimate of drug-likeness (QED) is 0.896. The summed E-state index contributed by atoms with van der Waals surface area (Å²) in [6.07, 6.45) is 2.38. The molecule has 5 heteroatoms. The zero-order chi connectivity index (χ0) is 16.4. The van der Waals surface area contributed by atoms with Crippen molar-refractivity contribution in [2.75, 3.05) is 31.1 Å². The Morgan fingerprint density at radius 2 is 2.00 bits per heavy atom. The van der Waals surface area contributed by atoms with Crippen LogP contribution >= 0.6 is 0 Å². The standard InChI is InChI=1S/C18H27N3O2/c1-14(21-10-7-15-5-3-4-6-16(15)21)13-19-17(22)20-11-8-18(2,23)9-12-20/h3-6,14,23H,7-13H2,1-2H3,(H,19,22)/t14-/m0/s1. The fraction of sp³-hybridized carbons (Fsp3) is 0.611. The van der Waals surface area contributed by atoms with Crippen LogP contribution < -0.4 is 10.2 Å². The molecule has 3 rings (SSSR count). The number of carbonyl (C=O) groups excluding carboxylic acids is 1. The number of anilines is 1. The largest absolute Gasteiger partial charge is 0.390 e. The molecule has 5 nitrogen and oxygen atoms in total. The molecular formula is C18H27N3O2. The maximum Gasteiger partial charge on any atom is 0.317 e. The Hall–Kier alpha value is -1.75. The lowest BCUT2D eigenvalue weighted by Gasteiger charge is -2.36. The van der Waals surface area contributed by atoms with Crippen LogP contribution in [0.2, 0.25) is 0 Å². The van der Waals surface area contributed by atoms with Crippen molar-refractivity contribution in [3.8, 4) is 0 Å². The minimum atomic E-state index is -0.622. The van der Waals surface area contributed by atoms with E-state index in [-0.39, 0.29) is 12.1 Å². The zero-order valence-electron chi connectivity index (χ0n) is 14.1. The molecule has 0 bridgehead atoms. The van der Waals surface area contributed by atoms with Gasteiger partial charge in [0, 0.05) is 37.9 Å². The van der Waals surface area contributed by atoms with Gasteiger partial charge in [-0.3, -0.25) is 0 Å². The van der Waals surface area contributed by atoms with Crippen LogP contribution in [0.3, 0.4) is 0 Å². The topological polar surface area (TPSA) is 55.8 Å². The molecule has 2 aliphatic heterocycles. The second-order valence-electron chi connectivity index (χ2n) is 7.09. The van der Waals surface area contributed by atoms with Gasteiger partial charge in [-0.25, -0.2) is 4.79 Å². The first-order valence-corrected chi connectivity index (χ1v) is 8.56. The number of hydrogen-bond donors (Lipinski definition) is 2. The van der Waals surface area contributed by atoms with Gasteiger partial charge in [0.05, 0.1) is 5.60 Å². The third kappa shape index (κ3) is 3.61. The monoisotopic (exact) mass is 317 g/mol. The SMILES string of the molecule is C[C@@H](CNC(=O)N1CCC(C)(O)CC1)N1CCc2ccccc21. The normalized spacial score (nSPS) is 21.0. The number of benzene rings is 1. The number of piperidine rings is 1. The van der Waals surface area contributed by atoms with Crippen molar-refractivity contribution < 1.29 is 9.90 Å². The highest BCUT2D eigenvalue weighted by atomic mass is 16.3. The van der Waals surface area contributed by atoms with E-state index in [0.29, 0.717) is 32.5 Å². The van der Waals surface area contributed by atoms with Crippen molar-refractivity contribution in [1.29, 1.82) is 0 Å². The molecule has 2 N–H and O–H groups in total. The summed E-state index contributed by atoms with van der Waals surface area (Å²) < 4.78 is 0. The van der Waals surface area contributed by atoms with Crippen molar-refractivity contribution in [3.05, 3.63) is 29.8 Å². The van der Waals surface area contributed by atoms with E-state index in [4.69, 9.17) is 0 Å². The number of amides is 2. The van der Waals surface area contributed by atoms with Gasteiger partial charge < -0.3 is 20.2 Å². The highest BCUT2D eigenvalue weighted by Gasteiger charge is 2.30. The van der Waals surface area contributed by atoms with Gasteiger partial charge in [0.2, 0.25) is 0 Å². The molecule has 126 valence electrons. The molecule has 1 fully saturated rings. The lowest BCUT2D eigenvalue weighted by molar-refractivity contribution is 0.00438. The lowest BCUT2D eigenvalue weighted by Crippen LogP contribution is -2.51. The van der Waals surface area contributed by atoms with Crippen molar-refractivity contribution in [2.24, 2.45) is 0 Å². The lowest BCUT2D eigenvalue weighted by atomic mass is 9.94. The number of aliphatic hydroxyl groups is 1. The van der Waals surface area contributed by atoms with Crippen LogP contribution in [0.25, 0.3) is 0 Å². The van der Waals surface area contributed by atoms with Gasteiger partial charge in [-0.2, -0.15) is 0 Å². The first-order valence-electron chi connectivity index (χ1n) is 8.56. The van der Waals surface area contributed by atoms with Gasteiger partial charge in [0.25, 0.3) is 0 Å². The Balaban J connectivity index is 1.50. The van der Waals surface area contributed by atoms with Crippen LogP contribution in [0.5, 0.6) is 0 Å². The molecule has 2 heterocycles. The summed E-state index contributed by atoms with van der Waals surface area (Å²) in [6, 6.07) is 8.76. The molecule has 0 aliphatic carbocycles. The number of carbonyl (C=O) groups is 1. The number of rotatable bonds is 3. The maximum atomic E-state index is 12.3. The summed E-state index contributed by atoms with van der Waals surface area (Å²) in [5.41, 5.74) is 2.07. The Morgan fingerprint density at radius 1 is 1.30 bits per heavy atom. The van der Waals surface area contributed by atoms with Crippen LogP contribution in [0, 0.1) is 0 Å². The number of nitrogens with zero attached hydrogens (tertiary/aromatic N) is 2. The molecule has 1 aromatic rings. The second-order valence-corrected chi connectivity index (χ2v) is 7.09. The van der Waals surface area contributed by atoms with E-state index < -0.39 is 5.60 Å². The van der Waals surface area contributed by atoms with E-state index in [9.17, 15) is 9.90 Å². The van der Waals surface area contributed by atoms with Crippen LogP contribution in [-0.2, 0) is 6.42 Å². The minimum absolute atomic E-state index is 0.0140. The fourth-order valence-electron chi connectivity index (χ4n) is 3.47. The molecule has 2 aliphatic rings. The van der Waals surface area contributed by atoms with Gasteiger partial charge in [0.15, 0.2) is 0 Å². The summed E-state index contributed by atoms with van der Waals surface area (Å²) in [6.45, 7) is 6.90. The van der Waals surface area contributed by atoms with E-state index in [1.807, 2.05) is 11.8 Å². The molecule has 0 unspecified atom stereocenters. The number of likely N-dealkylation sites (tertiary alicyclic amines) is 1. The summed E-state index contributed by atoms with van der Waals surface area (Å²) in [5.74, 6) is 0. The van der Waals surface area contributed by atoms with E-state index in [1.54, 1.807) is 0 Å². The van der Waals surface area contributed by atoms with Crippen molar-refractivity contribution in [1.82, 2.24) is 10.2 Å². The highest BCUT2D eigenvalue weighted by molar-refractivity contribution is 5.74. The molecule has 0 saturated carbocycles. The van der Waals surface area contributed by atoms with Gasteiger partial charge >= 0.3 is 6.03 Å². The maximum absolute atomic E-state index is 12.3. The summed E-state index contributed by atoms with van der Waals surface area (Å²) in [5, 5.41) is 13.0. The van der Waals surface area contributed by atoms with Crippen molar-refractivity contribution in [3.63, 3.8) is 0 Å². The average Bonchev–Trinajstić information content (AvgIpc) is 2.96. The first-order chi connectivity index (χ1) is 11.0. The third-order valence-corrected chi connectivity index (χ3v) is 5.13. The molecule has 1 saturated heterocycles. The molecule has 0 spiro atoms. The Morgan fingerprint density at radius 3 is 2.74 bits per heavy atom. The van der Waals surface area contributed by atoms with Crippen LogP contribution in [-0.4, -0.2) is 53.9 Å². The number of fused-ring (bicyclic) bond motifs is 1. The van der Waals surface area contributed by atoms with Crippen LogP contribution in [0.15, 0.2) is 24.3 Å². The van der Waals surface area contributed by atoms with Gasteiger partial charge in [0.1, 0.15) is 0 Å². The molecule has 23 heavy (non-hydrogen) atoms. The third-order valence-electron chi connectivity index (χ3n) is 5.13. The molecule has 0 aromatic heterocycles. The number of urea groups is 1. The zero-order valence-corrected chi connectivity index (χ0v) is 14.1. The second kappa shape index (κ2) is 6.40. The molecule has 1 aromatic carbocycles. The van der Waals surface area contributed by atoms with Gasteiger partial charge in [-0.1, -0.05) is 18.2 Å². The average molecular weight is 317 g/mol. The number of nitrogens with one attached hydrogen (secondary N) is 1. The van der Waals surface area contributed by atoms with E-state index >= 15 is 0 Å². The Bertz CT molecular complexity index is 563. The summed E-state index contributed by atoms with van der Waals surface area (Å²) in [7, 11) is 0. The first kappa shape index (κ1) is 16.1. The van der Waals surface area contributed by atoms with E-state index in [0.717, 1.165) is 13.0 Å². The molecule has 2 amide bonds. The predicted molar refractivity (Wildman–Crippen MR) is 91.8 cm³/mol. The van der Waals surface area contributed by atoms with Crippen LogP contribution in [0.1, 0.15) is 32.3 Å². The van der Waals surface area contributed by atoms with Gasteiger partial charge in [-0.05, 0) is 44.7 Å². The number of hydrogen-bond acceptors (Lipinski definition) is 3. The van der Waals surface area contributed by atoms with E-state index in [2.05, 4.69) is 41.4 Å². The van der Waals surface area contributed by atoms with E-state index in [1.165, 1.54) is 11.3 Å². The molecular weight excluding hydrogens is 290 g/mol. The van der Waals surface area contributed by atoms with Crippen molar-refractivity contribution >= 4 is 11.7 Å². The van der Waals surface area contributed by atoms with Crippen LogP contribution in [0.4, 0.5) is 10.5 Å². The summed E-state index contributed by atoms with van der Waals surface area (Å²) >= 11 is 0. The van der Waals surface area contributed by atoms with Crippen molar-refractivity contribution in [2.45, 2.75) is 44.8 Å².